The van der Waals surface area contributed by atoms with Crippen LogP contribution in [-0.4, -0.2) is 50.9 Å². The van der Waals surface area contributed by atoms with Crippen molar-refractivity contribution in [1.29, 1.82) is 0 Å². The first-order chi connectivity index (χ1) is 19.4. The predicted molar refractivity (Wildman–Crippen MR) is 163 cm³/mol. The van der Waals surface area contributed by atoms with Crippen molar-refractivity contribution in [2.24, 2.45) is 5.92 Å². The Morgan fingerprint density at radius 3 is 2.24 bits per heavy atom. The summed E-state index contributed by atoms with van der Waals surface area (Å²) in [6.07, 6.45) is 0. The average Bonchev–Trinajstić information content (AvgIpc) is 2.94. The van der Waals surface area contributed by atoms with Gasteiger partial charge in [-0.1, -0.05) is 73.4 Å². The van der Waals surface area contributed by atoms with Gasteiger partial charge < -0.3 is 15.0 Å². The summed E-state index contributed by atoms with van der Waals surface area (Å²) in [6, 6.07) is 18.4. The quantitative estimate of drug-likeness (QED) is 0.262. The minimum absolute atomic E-state index is 0.00845. The lowest BCUT2D eigenvalue weighted by Crippen LogP contribution is -2.51. The molecule has 1 N–H and O–H groups in total. The van der Waals surface area contributed by atoms with E-state index in [-0.39, 0.29) is 29.0 Å². The van der Waals surface area contributed by atoms with E-state index in [4.69, 9.17) is 27.9 Å². The van der Waals surface area contributed by atoms with E-state index in [9.17, 15) is 18.0 Å². The summed E-state index contributed by atoms with van der Waals surface area (Å²) >= 11 is 12.5. The van der Waals surface area contributed by atoms with Gasteiger partial charge in [0.25, 0.3) is 10.0 Å². The van der Waals surface area contributed by atoms with Gasteiger partial charge in [-0.3, -0.25) is 13.9 Å². The fourth-order valence-corrected chi connectivity index (χ4v) is 5.96. The molecule has 11 heteroatoms. The Labute approximate surface area is 252 Å². The molecule has 0 heterocycles. The molecule has 0 spiro atoms. The molecule has 2 amide bonds. The maximum atomic E-state index is 14.1. The summed E-state index contributed by atoms with van der Waals surface area (Å²) in [5.74, 6) is -0.474. The second-order valence-corrected chi connectivity index (χ2v) is 12.5. The maximum Gasteiger partial charge on any atom is 0.264 e. The molecule has 220 valence electrons. The Morgan fingerprint density at radius 2 is 1.61 bits per heavy atom. The zero-order valence-corrected chi connectivity index (χ0v) is 25.8. The fraction of sp³-hybridized carbons (Fsp3) is 0.333. The first-order valence-electron chi connectivity index (χ1n) is 13.3. The Bertz CT molecular complexity index is 1450. The highest BCUT2D eigenvalue weighted by Crippen LogP contribution is 2.33. The van der Waals surface area contributed by atoms with E-state index in [1.807, 2.05) is 13.8 Å². The third-order valence-corrected chi connectivity index (χ3v) is 8.61. The van der Waals surface area contributed by atoms with Crippen LogP contribution in [0.5, 0.6) is 5.75 Å². The zero-order valence-electron chi connectivity index (χ0n) is 23.5. The van der Waals surface area contributed by atoms with Crippen molar-refractivity contribution in [3.63, 3.8) is 0 Å². The highest BCUT2D eigenvalue weighted by Gasteiger charge is 2.34. The number of anilines is 1. The van der Waals surface area contributed by atoms with Crippen LogP contribution in [-0.2, 0) is 26.2 Å². The van der Waals surface area contributed by atoms with Crippen molar-refractivity contribution in [2.45, 2.75) is 45.2 Å². The van der Waals surface area contributed by atoms with Crippen molar-refractivity contribution < 1.29 is 22.7 Å². The van der Waals surface area contributed by atoms with Gasteiger partial charge in [-0.05, 0) is 61.7 Å². The van der Waals surface area contributed by atoms with E-state index in [2.05, 4.69) is 5.32 Å². The predicted octanol–water partition coefficient (Wildman–Crippen LogP) is 5.78. The van der Waals surface area contributed by atoms with E-state index >= 15 is 0 Å². The number of nitrogens with one attached hydrogen (secondary N) is 1. The number of amides is 2. The summed E-state index contributed by atoms with van der Waals surface area (Å²) in [5.41, 5.74) is 0.757. The molecule has 0 aliphatic rings. The molecule has 0 saturated heterocycles. The summed E-state index contributed by atoms with van der Waals surface area (Å²) in [4.78, 5) is 28.5. The van der Waals surface area contributed by atoms with Crippen LogP contribution in [0.3, 0.4) is 0 Å². The number of hydrogen-bond acceptors (Lipinski definition) is 5. The Kier molecular flexibility index (Phi) is 11.5. The number of carbonyl (C=O) groups excluding carboxylic acids is 2. The smallest absolute Gasteiger partial charge is 0.264 e. The highest BCUT2D eigenvalue weighted by molar-refractivity contribution is 7.92. The SMILES string of the molecule is CCOc1ccccc1N(CC(=O)N(Cc1ccc(Cl)cc1Cl)[C@H](C)C(=O)NCC(C)C)S(=O)(=O)c1ccccc1. The van der Waals surface area contributed by atoms with Gasteiger partial charge in [0.15, 0.2) is 0 Å². The van der Waals surface area contributed by atoms with Crippen LogP contribution in [0.15, 0.2) is 77.7 Å². The summed E-state index contributed by atoms with van der Waals surface area (Å²) in [7, 11) is -4.22. The molecule has 8 nitrogen and oxygen atoms in total. The van der Waals surface area contributed by atoms with Gasteiger partial charge in [0.2, 0.25) is 11.8 Å². The molecule has 3 rings (SSSR count). The van der Waals surface area contributed by atoms with Crippen LogP contribution < -0.4 is 14.4 Å². The third-order valence-electron chi connectivity index (χ3n) is 6.25. The number of nitrogens with zero attached hydrogens (tertiary/aromatic N) is 2. The highest BCUT2D eigenvalue weighted by atomic mass is 35.5. The average molecular weight is 621 g/mol. The Hall–Kier alpha value is -3.27. The molecule has 0 radical (unpaired) electrons. The minimum atomic E-state index is -4.22. The van der Waals surface area contributed by atoms with Crippen LogP contribution in [0.2, 0.25) is 10.0 Å². The van der Waals surface area contributed by atoms with Gasteiger partial charge in [-0.2, -0.15) is 0 Å². The lowest BCUT2D eigenvalue weighted by molar-refractivity contribution is -0.139. The second kappa shape index (κ2) is 14.6. The number of benzene rings is 3. The van der Waals surface area contributed by atoms with Gasteiger partial charge in [0.1, 0.15) is 18.3 Å². The normalized spacial score (nSPS) is 12.1. The molecule has 0 aliphatic carbocycles. The number of halogens is 2. The van der Waals surface area contributed by atoms with E-state index in [0.29, 0.717) is 34.5 Å². The molecule has 0 aromatic heterocycles. The topological polar surface area (TPSA) is 96.0 Å². The largest absolute Gasteiger partial charge is 0.492 e. The lowest BCUT2D eigenvalue weighted by atomic mass is 10.1. The number of hydrogen-bond donors (Lipinski definition) is 1. The van der Waals surface area contributed by atoms with Crippen molar-refractivity contribution in [1.82, 2.24) is 10.2 Å². The molecule has 1 atom stereocenters. The van der Waals surface area contributed by atoms with E-state index in [1.54, 1.807) is 74.5 Å². The zero-order chi connectivity index (χ0) is 30.2. The molecule has 0 aliphatic heterocycles. The van der Waals surface area contributed by atoms with E-state index in [0.717, 1.165) is 4.31 Å². The molecule has 0 saturated carbocycles. The van der Waals surface area contributed by atoms with Crippen LogP contribution in [0.1, 0.15) is 33.3 Å². The second-order valence-electron chi connectivity index (χ2n) is 9.80. The van der Waals surface area contributed by atoms with Crippen LogP contribution >= 0.6 is 23.2 Å². The monoisotopic (exact) mass is 619 g/mol. The minimum Gasteiger partial charge on any atom is -0.492 e. The van der Waals surface area contributed by atoms with Gasteiger partial charge >= 0.3 is 0 Å². The van der Waals surface area contributed by atoms with Crippen LogP contribution in [0, 0.1) is 5.92 Å². The molecule has 41 heavy (non-hydrogen) atoms. The van der Waals surface area contributed by atoms with Crippen molar-refractivity contribution >= 4 is 50.7 Å². The molecular formula is C30H35Cl2N3O5S. The van der Waals surface area contributed by atoms with Gasteiger partial charge in [-0.15, -0.1) is 0 Å². The maximum absolute atomic E-state index is 14.1. The number of ether oxygens (including phenoxy) is 1. The molecule has 3 aromatic rings. The van der Waals surface area contributed by atoms with E-state index < -0.39 is 28.5 Å². The van der Waals surface area contributed by atoms with Crippen molar-refractivity contribution in [2.75, 3.05) is 24.0 Å². The van der Waals surface area contributed by atoms with Gasteiger partial charge in [-0.25, -0.2) is 8.42 Å². The molecular weight excluding hydrogens is 585 g/mol. The van der Waals surface area contributed by atoms with Crippen LogP contribution in [0.4, 0.5) is 5.69 Å². The van der Waals surface area contributed by atoms with Gasteiger partial charge in [0.05, 0.1) is 17.2 Å². The molecule has 0 unspecified atom stereocenters. The number of sulfonamides is 1. The van der Waals surface area contributed by atoms with Gasteiger partial charge in [0, 0.05) is 23.1 Å². The summed E-state index contributed by atoms with van der Waals surface area (Å²) in [5, 5.41) is 3.60. The fourth-order valence-electron chi connectivity index (χ4n) is 4.04. The van der Waals surface area contributed by atoms with E-state index in [1.165, 1.54) is 17.0 Å². The Balaban J connectivity index is 2.07. The molecule has 0 fully saturated rings. The number of rotatable bonds is 13. The summed E-state index contributed by atoms with van der Waals surface area (Å²) < 4.78 is 34.7. The lowest BCUT2D eigenvalue weighted by Gasteiger charge is -2.32. The first-order valence-corrected chi connectivity index (χ1v) is 15.5. The Morgan fingerprint density at radius 1 is 0.951 bits per heavy atom. The summed E-state index contributed by atoms with van der Waals surface area (Å²) in [6.45, 7) is 7.38. The van der Waals surface area contributed by atoms with Crippen molar-refractivity contribution in [3.05, 3.63) is 88.4 Å². The first kappa shape index (κ1) is 32.2. The standard InChI is InChI=1S/C30H35Cl2N3O5S/c1-5-40-28-14-10-9-13-27(28)35(41(38,39)25-11-7-6-8-12-25)20-29(36)34(22(4)30(37)33-18-21(2)3)19-23-15-16-24(31)17-26(23)32/h6-17,21-22H,5,18-20H2,1-4H3,(H,33,37)/t22-/m1/s1. The molecule has 0 bridgehead atoms. The molecule has 3 aromatic carbocycles. The third kappa shape index (κ3) is 8.38. The van der Waals surface area contributed by atoms with Crippen LogP contribution in [0.25, 0.3) is 0 Å². The van der Waals surface area contributed by atoms with Crippen molar-refractivity contribution in [3.8, 4) is 5.75 Å². The number of para-hydroxylation sites is 2. The number of carbonyl (C=O) groups is 2.